The van der Waals surface area contributed by atoms with Crippen LogP contribution in [0.4, 0.5) is 4.39 Å². The maximum absolute atomic E-state index is 13.4. The van der Waals surface area contributed by atoms with E-state index in [4.69, 9.17) is 4.74 Å². The smallest absolute Gasteiger partial charge is 0.227 e. The van der Waals surface area contributed by atoms with E-state index in [1.807, 2.05) is 0 Å². The van der Waals surface area contributed by atoms with Crippen molar-refractivity contribution in [1.82, 2.24) is 4.90 Å². The molecule has 1 fully saturated rings. The summed E-state index contributed by atoms with van der Waals surface area (Å²) in [7, 11) is 1.59. The van der Waals surface area contributed by atoms with Crippen LogP contribution in [0.5, 0.6) is 0 Å². The van der Waals surface area contributed by atoms with Crippen LogP contribution in [0.25, 0.3) is 0 Å². The fourth-order valence-corrected chi connectivity index (χ4v) is 2.70. The van der Waals surface area contributed by atoms with Crippen molar-refractivity contribution >= 4 is 21.8 Å². The summed E-state index contributed by atoms with van der Waals surface area (Å²) in [6.45, 7) is 0.389. The van der Waals surface area contributed by atoms with Gasteiger partial charge in [-0.05, 0) is 40.0 Å². The van der Waals surface area contributed by atoms with Crippen LogP contribution in [0.3, 0.4) is 0 Å². The second-order valence-corrected chi connectivity index (χ2v) is 5.76. The van der Waals surface area contributed by atoms with Crippen LogP contribution < -0.4 is 0 Å². The summed E-state index contributed by atoms with van der Waals surface area (Å²) < 4.78 is 19.0. The van der Waals surface area contributed by atoms with E-state index in [1.54, 1.807) is 24.1 Å². The first-order valence-electron chi connectivity index (χ1n) is 6.42. The van der Waals surface area contributed by atoms with E-state index in [9.17, 15) is 14.3 Å². The first kappa shape index (κ1) is 15.4. The first-order chi connectivity index (χ1) is 9.55. The van der Waals surface area contributed by atoms with Crippen LogP contribution in [-0.2, 0) is 16.0 Å². The SMILES string of the molecule is CO[C@@H]1C[C@@H](CO)N(C(=O)Cc2ccc(Br)c(F)c2)C1. The fraction of sp³-hybridized carbons (Fsp3) is 0.500. The molecule has 1 aromatic rings. The van der Waals surface area contributed by atoms with E-state index in [2.05, 4.69) is 15.9 Å². The first-order valence-corrected chi connectivity index (χ1v) is 7.21. The molecule has 1 aromatic carbocycles. The molecule has 1 heterocycles. The Morgan fingerprint density at radius 3 is 2.95 bits per heavy atom. The third kappa shape index (κ3) is 3.37. The fourth-order valence-electron chi connectivity index (χ4n) is 2.45. The van der Waals surface area contributed by atoms with Crippen molar-refractivity contribution < 1.29 is 19.0 Å². The monoisotopic (exact) mass is 345 g/mol. The number of rotatable bonds is 4. The molecular weight excluding hydrogens is 329 g/mol. The topological polar surface area (TPSA) is 49.8 Å². The number of halogens is 2. The molecule has 1 amide bonds. The molecule has 0 unspecified atom stereocenters. The molecule has 0 saturated carbocycles. The van der Waals surface area contributed by atoms with Crippen molar-refractivity contribution in [2.24, 2.45) is 0 Å². The Hall–Kier alpha value is -0.980. The average molecular weight is 346 g/mol. The Kier molecular flexibility index (Phi) is 5.12. The summed E-state index contributed by atoms with van der Waals surface area (Å²) in [4.78, 5) is 13.9. The third-order valence-corrected chi connectivity index (χ3v) is 4.22. The molecule has 110 valence electrons. The summed E-state index contributed by atoms with van der Waals surface area (Å²) in [6, 6.07) is 4.43. The lowest BCUT2D eigenvalue weighted by Crippen LogP contribution is -2.39. The number of carbonyl (C=O) groups is 1. The maximum atomic E-state index is 13.4. The molecule has 2 atom stereocenters. The quantitative estimate of drug-likeness (QED) is 0.904. The molecule has 4 nitrogen and oxygen atoms in total. The minimum atomic E-state index is -0.384. The Morgan fingerprint density at radius 1 is 1.60 bits per heavy atom. The highest BCUT2D eigenvalue weighted by atomic mass is 79.9. The Labute approximate surface area is 125 Å². The Bertz CT molecular complexity index is 497. The van der Waals surface area contributed by atoms with E-state index in [0.717, 1.165) is 0 Å². The molecular formula is C14H17BrFNO3. The highest BCUT2D eigenvalue weighted by Gasteiger charge is 2.34. The van der Waals surface area contributed by atoms with Crippen molar-refractivity contribution in [1.29, 1.82) is 0 Å². The zero-order valence-corrected chi connectivity index (χ0v) is 12.8. The lowest BCUT2D eigenvalue weighted by molar-refractivity contribution is -0.132. The molecule has 1 aliphatic heterocycles. The van der Waals surface area contributed by atoms with Gasteiger partial charge in [0.1, 0.15) is 5.82 Å². The van der Waals surface area contributed by atoms with E-state index >= 15 is 0 Å². The molecule has 2 rings (SSSR count). The van der Waals surface area contributed by atoms with Gasteiger partial charge in [0.15, 0.2) is 0 Å². The normalized spacial score (nSPS) is 22.3. The molecule has 1 N–H and O–H groups in total. The number of hydrogen-bond acceptors (Lipinski definition) is 3. The Morgan fingerprint density at radius 2 is 2.35 bits per heavy atom. The lowest BCUT2D eigenvalue weighted by atomic mass is 10.1. The summed E-state index contributed by atoms with van der Waals surface area (Å²) >= 11 is 3.08. The van der Waals surface area contributed by atoms with Gasteiger partial charge < -0.3 is 14.7 Å². The predicted octanol–water partition coefficient (Wildman–Crippen LogP) is 1.74. The van der Waals surface area contributed by atoms with Crippen molar-refractivity contribution in [2.45, 2.75) is 25.0 Å². The zero-order valence-electron chi connectivity index (χ0n) is 11.2. The third-order valence-electron chi connectivity index (χ3n) is 3.58. The lowest BCUT2D eigenvalue weighted by Gasteiger charge is -2.22. The number of benzene rings is 1. The molecule has 0 aromatic heterocycles. The number of methoxy groups -OCH3 is 1. The van der Waals surface area contributed by atoms with Crippen molar-refractivity contribution in [3.63, 3.8) is 0 Å². The van der Waals surface area contributed by atoms with Gasteiger partial charge in [-0.3, -0.25) is 4.79 Å². The summed E-state index contributed by atoms with van der Waals surface area (Å²) in [5.41, 5.74) is 0.619. The molecule has 1 aliphatic rings. The Balaban J connectivity index is 2.05. The molecule has 0 bridgehead atoms. The molecule has 20 heavy (non-hydrogen) atoms. The van der Waals surface area contributed by atoms with Gasteiger partial charge >= 0.3 is 0 Å². The molecule has 0 aliphatic carbocycles. The number of likely N-dealkylation sites (tertiary alicyclic amines) is 1. The molecule has 0 spiro atoms. The van der Waals surface area contributed by atoms with Gasteiger partial charge in [-0.15, -0.1) is 0 Å². The number of carbonyl (C=O) groups excluding carboxylic acids is 1. The van der Waals surface area contributed by atoms with Crippen LogP contribution in [0, 0.1) is 5.82 Å². The molecule has 6 heteroatoms. The predicted molar refractivity (Wildman–Crippen MR) is 75.8 cm³/mol. The number of aliphatic hydroxyl groups is 1. The van der Waals surface area contributed by atoms with Gasteiger partial charge in [0.2, 0.25) is 5.91 Å². The van der Waals surface area contributed by atoms with Gasteiger partial charge in [-0.25, -0.2) is 4.39 Å². The van der Waals surface area contributed by atoms with Crippen LogP contribution in [-0.4, -0.2) is 48.3 Å². The van der Waals surface area contributed by atoms with Crippen LogP contribution in [0.1, 0.15) is 12.0 Å². The van der Waals surface area contributed by atoms with E-state index < -0.39 is 0 Å². The van der Waals surface area contributed by atoms with Crippen LogP contribution in [0.2, 0.25) is 0 Å². The van der Waals surface area contributed by atoms with Gasteiger partial charge in [-0.2, -0.15) is 0 Å². The van der Waals surface area contributed by atoms with Gasteiger partial charge in [0.05, 0.1) is 29.6 Å². The van der Waals surface area contributed by atoms with Gasteiger partial charge in [-0.1, -0.05) is 6.07 Å². The van der Waals surface area contributed by atoms with E-state index in [0.29, 0.717) is 23.0 Å². The number of ether oxygens (including phenoxy) is 1. The summed E-state index contributed by atoms with van der Waals surface area (Å²) in [5, 5.41) is 9.33. The second kappa shape index (κ2) is 6.65. The average Bonchev–Trinajstić information content (AvgIpc) is 2.86. The standard InChI is InChI=1S/C14H17BrFNO3/c1-20-11-6-10(8-18)17(7-11)14(19)5-9-2-3-12(15)13(16)4-9/h2-4,10-11,18H,5-8H2,1H3/t10-,11+/m0/s1. The highest BCUT2D eigenvalue weighted by molar-refractivity contribution is 9.10. The number of nitrogens with zero attached hydrogens (tertiary/aromatic N) is 1. The summed E-state index contributed by atoms with van der Waals surface area (Å²) in [6.07, 6.45) is 0.711. The minimum absolute atomic E-state index is 0.0437. The maximum Gasteiger partial charge on any atom is 0.227 e. The zero-order chi connectivity index (χ0) is 14.7. The number of hydrogen-bond donors (Lipinski definition) is 1. The largest absolute Gasteiger partial charge is 0.394 e. The van der Waals surface area contributed by atoms with Gasteiger partial charge in [0.25, 0.3) is 0 Å². The van der Waals surface area contributed by atoms with Gasteiger partial charge in [0, 0.05) is 13.7 Å². The van der Waals surface area contributed by atoms with E-state index in [-0.39, 0.29) is 36.9 Å². The molecule has 1 saturated heterocycles. The second-order valence-electron chi connectivity index (χ2n) is 4.90. The minimum Gasteiger partial charge on any atom is -0.394 e. The highest BCUT2D eigenvalue weighted by Crippen LogP contribution is 2.22. The van der Waals surface area contributed by atoms with Crippen molar-refractivity contribution in [2.75, 3.05) is 20.3 Å². The summed E-state index contributed by atoms with van der Waals surface area (Å²) in [5.74, 6) is -0.504. The number of aliphatic hydroxyl groups excluding tert-OH is 1. The van der Waals surface area contributed by atoms with Crippen LogP contribution >= 0.6 is 15.9 Å². The van der Waals surface area contributed by atoms with Crippen molar-refractivity contribution in [3.8, 4) is 0 Å². The molecule has 0 radical (unpaired) electrons. The van der Waals surface area contributed by atoms with Crippen LogP contribution in [0.15, 0.2) is 22.7 Å². The number of amides is 1. The van der Waals surface area contributed by atoms with Crippen molar-refractivity contribution in [3.05, 3.63) is 34.1 Å². The van der Waals surface area contributed by atoms with E-state index in [1.165, 1.54) is 6.07 Å².